The van der Waals surface area contributed by atoms with Gasteiger partial charge in [-0.1, -0.05) is 6.92 Å². The molecule has 1 aliphatic rings. The fraction of sp³-hybridized carbons (Fsp3) is 1.00. The van der Waals surface area contributed by atoms with E-state index in [0.717, 1.165) is 6.61 Å². The summed E-state index contributed by atoms with van der Waals surface area (Å²) in [6, 6.07) is 0. The molecule has 1 aliphatic heterocycles. The number of hydrogen-bond acceptors (Lipinski definition) is 1. The van der Waals surface area contributed by atoms with Crippen LogP contribution in [0.3, 0.4) is 0 Å². The Morgan fingerprint density at radius 3 is 2.86 bits per heavy atom. The molecule has 1 heterocycles. The Morgan fingerprint density at radius 2 is 2.57 bits per heavy atom. The lowest BCUT2D eigenvalue weighted by atomic mass is 10.2. The van der Waals surface area contributed by atoms with Crippen LogP contribution in [0.5, 0.6) is 0 Å². The predicted octanol–water partition coefficient (Wildman–Crippen LogP) is 1.58. The Morgan fingerprint density at radius 1 is 1.71 bits per heavy atom. The fourth-order valence-corrected chi connectivity index (χ4v) is 0.966. The molecule has 1 atom stereocenters. The first-order chi connectivity index (χ1) is 3.43. The summed E-state index contributed by atoms with van der Waals surface area (Å²) in [5.74, 6) is 0. The Bertz CT molecular complexity index is 46.1. The van der Waals surface area contributed by atoms with Crippen molar-refractivity contribution >= 4 is 0 Å². The van der Waals surface area contributed by atoms with Gasteiger partial charge in [0.25, 0.3) is 0 Å². The summed E-state index contributed by atoms with van der Waals surface area (Å²) in [7, 11) is 0. The quantitative estimate of drug-likeness (QED) is 0.486. The molecule has 0 saturated carbocycles. The normalized spacial score (nSPS) is 31.3. The van der Waals surface area contributed by atoms with E-state index < -0.39 is 0 Å². The first-order valence-corrected chi connectivity index (χ1v) is 3.05. The largest absolute Gasteiger partial charge is 0.378 e. The third kappa shape index (κ3) is 1.16. The van der Waals surface area contributed by atoms with Crippen molar-refractivity contribution in [2.45, 2.75) is 32.3 Å². The molecular weight excluding hydrogens is 88.1 g/mol. The molecular formula is C6H12O. The Kier molecular flexibility index (Phi) is 1.69. The maximum atomic E-state index is 5.30. The van der Waals surface area contributed by atoms with Crippen molar-refractivity contribution in [3.8, 4) is 0 Å². The summed E-state index contributed by atoms with van der Waals surface area (Å²) in [4.78, 5) is 0. The molecule has 1 fully saturated rings. The molecule has 0 aliphatic carbocycles. The topological polar surface area (TPSA) is 9.23 Å². The predicted molar refractivity (Wildman–Crippen MR) is 29.3 cm³/mol. The highest BCUT2D eigenvalue weighted by molar-refractivity contribution is 4.60. The summed E-state index contributed by atoms with van der Waals surface area (Å²) >= 11 is 0. The number of ether oxygens (including phenoxy) is 1. The molecule has 1 nitrogen and oxygen atoms in total. The molecule has 0 radical (unpaired) electrons. The van der Waals surface area contributed by atoms with Crippen LogP contribution in [0.2, 0.25) is 0 Å². The van der Waals surface area contributed by atoms with E-state index in [0.29, 0.717) is 6.10 Å². The fourth-order valence-electron chi connectivity index (χ4n) is 0.966. The minimum atomic E-state index is 0.597. The van der Waals surface area contributed by atoms with Gasteiger partial charge in [0.05, 0.1) is 6.10 Å². The first-order valence-electron chi connectivity index (χ1n) is 3.05. The van der Waals surface area contributed by atoms with Crippen molar-refractivity contribution in [3.63, 3.8) is 0 Å². The zero-order valence-electron chi connectivity index (χ0n) is 4.81. The van der Waals surface area contributed by atoms with Gasteiger partial charge in [0.1, 0.15) is 0 Å². The summed E-state index contributed by atoms with van der Waals surface area (Å²) in [6.45, 7) is 3.18. The van der Waals surface area contributed by atoms with Crippen molar-refractivity contribution in [2.75, 3.05) is 6.61 Å². The van der Waals surface area contributed by atoms with Crippen LogP contribution in [0.4, 0.5) is 0 Å². The van der Waals surface area contributed by atoms with Gasteiger partial charge in [-0.15, -0.1) is 0 Å². The zero-order chi connectivity index (χ0) is 5.11. The Labute approximate surface area is 44.7 Å². The van der Waals surface area contributed by atoms with E-state index in [9.17, 15) is 0 Å². The van der Waals surface area contributed by atoms with Gasteiger partial charge in [-0.2, -0.15) is 0 Å². The second-order valence-corrected chi connectivity index (χ2v) is 2.04. The second kappa shape index (κ2) is 2.31. The Balaban J connectivity index is 2.14. The lowest BCUT2D eigenvalue weighted by molar-refractivity contribution is 0.108. The second-order valence-electron chi connectivity index (χ2n) is 2.04. The van der Waals surface area contributed by atoms with Gasteiger partial charge in [0.15, 0.2) is 0 Å². The standard InChI is InChI=1S/C6H12O/c1-2-6-4-3-5-7-6/h6H,2-5H2,1H3/t6-/m0/s1. The maximum Gasteiger partial charge on any atom is 0.0573 e. The summed E-state index contributed by atoms with van der Waals surface area (Å²) in [5.41, 5.74) is 0. The number of hydrogen-bond donors (Lipinski definition) is 0. The molecule has 0 spiro atoms. The van der Waals surface area contributed by atoms with Gasteiger partial charge in [-0.25, -0.2) is 0 Å². The highest BCUT2D eigenvalue weighted by Crippen LogP contribution is 2.13. The van der Waals surface area contributed by atoms with Gasteiger partial charge in [-0.3, -0.25) is 0 Å². The molecule has 0 amide bonds. The van der Waals surface area contributed by atoms with Gasteiger partial charge in [0, 0.05) is 6.61 Å². The summed E-state index contributed by atoms with van der Waals surface area (Å²) in [6.07, 6.45) is 4.36. The summed E-state index contributed by atoms with van der Waals surface area (Å²) < 4.78 is 5.30. The summed E-state index contributed by atoms with van der Waals surface area (Å²) in [5, 5.41) is 0. The zero-order valence-corrected chi connectivity index (χ0v) is 4.81. The van der Waals surface area contributed by atoms with E-state index in [1.54, 1.807) is 0 Å². The maximum absolute atomic E-state index is 5.30. The molecule has 7 heavy (non-hydrogen) atoms. The Hall–Kier alpha value is -0.0400. The molecule has 0 bridgehead atoms. The van der Waals surface area contributed by atoms with Crippen molar-refractivity contribution in [3.05, 3.63) is 0 Å². The molecule has 1 heteroatoms. The SMILES string of the molecule is CC[C@H]1CCCO1. The lowest BCUT2D eigenvalue weighted by Crippen LogP contribution is -2.00. The third-order valence-electron chi connectivity index (χ3n) is 1.48. The minimum absolute atomic E-state index is 0.597. The molecule has 0 aromatic rings. The molecule has 1 rings (SSSR count). The van der Waals surface area contributed by atoms with Gasteiger partial charge < -0.3 is 4.74 Å². The van der Waals surface area contributed by atoms with Crippen LogP contribution in [-0.4, -0.2) is 12.7 Å². The van der Waals surface area contributed by atoms with E-state index in [1.807, 2.05) is 0 Å². The van der Waals surface area contributed by atoms with Crippen LogP contribution in [-0.2, 0) is 4.74 Å². The third-order valence-corrected chi connectivity index (χ3v) is 1.48. The molecule has 0 N–H and O–H groups in total. The van der Waals surface area contributed by atoms with Crippen LogP contribution < -0.4 is 0 Å². The van der Waals surface area contributed by atoms with Crippen LogP contribution in [0.15, 0.2) is 0 Å². The smallest absolute Gasteiger partial charge is 0.0573 e. The highest BCUT2D eigenvalue weighted by atomic mass is 16.5. The van der Waals surface area contributed by atoms with E-state index in [-0.39, 0.29) is 0 Å². The molecule has 0 aromatic heterocycles. The molecule has 0 aromatic carbocycles. The van der Waals surface area contributed by atoms with Gasteiger partial charge in [-0.05, 0) is 19.3 Å². The van der Waals surface area contributed by atoms with Gasteiger partial charge >= 0.3 is 0 Å². The van der Waals surface area contributed by atoms with Crippen molar-refractivity contribution < 1.29 is 4.74 Å². The van der Waals surface area contributed by atoms with Crippen LogP contribution in [0.25, 0.3) is 0 Å². The van der Waals surface area contributed by atoms with Crippen LogP contribution >= 0.6 is 0 Å². The molecule has 1 saturated heterocycles. The van der Waals surface area contributed by atoms with Crippen molar-refractivity contribution in [1.29, 1.82) is 0 Å². The lowest BCUT2D eigenvalue weighted by Gasteiger charge is -2.01. The molecule has 0 unspecified atom stereocenters. The van der Waals surface area contributed by atoms with Crippen molar-refractivity contribution in [2.24, 2.45) is 0 Å². The highest BCUT2D eigenvalue weighted by Gasteiger charge is 2.11. The average molecular weight is 100 g/mol. The van der Waals surface area contributed by atoms with E-state index in [1.165, 1.54) is 19.3 Å². The van der Waals surface area contributed by atoms with Crippen LogP contribution in [0.1, 0.15) is 26.2 Å². The molecule has 42 valence electrons. The minimum Gasteiger partial charge on any atom is -0.378 e. The van der Waals surface area contributed by atoms with Crippen LogP contribution in [0, 0.1) is 0 Å². The van der Waals surface area contributed by atoms with Crippen molar-refractivity contribution in [1.82, 2.24) is 0 Å². The van der Waals surface area contributed by atoms with E-state index in [2.05, 4.69) is 6.92 Å². The monoisotopic (exact) mass is 100 g/mol. The van der Waals surface area contributed by atoms with Gasteiger partial charge in [0.2, 0.25) is 0 Å². The van der Waals surface area contributed by atoms with E-state index >= 15 is 0 Å². The average Bonchev–Trinajstić information content (AvgIpc) is 2.14. The van der Waals surface area contributed by atoms with E-state index in [4.69, 9.17) is 4.74 Å². The first kappa shape index (κ1) is 5.10. The number of rotatable bonds is 1.